The lowest BCUT2D eigenvalue weighted by molar-refractivity contribution is 0.0549. The Morgan fingerprint density at radius 1 is 1.14 bits per heavy atom. The van der Waals surface area contributed by atoms with E-state index in [4.69, 9.17) is 0 Å². The summed E-state index contributed by atoms with van der Waals surface area (Å²) in [7, 11) is 0. The van der Waals surface area contributed by atoms with Crippen LogP contribution in [0.25, 0.3) is 0 Å². The van der Waals surface area contributed by atoms with Crippen molar-refractivity contribution in [1.82, 2.24) is 10.2 Å². The van der Waals surface area contributed by atoms with Crippen LogP contribution in [-0.2, 0) is 0 Å². The number of hydrogen-bond donors (Lipinski definition) is 2. The molecular formula is C18H36N2O. The fourth-order valence-electron chi connectivity index (χ4n) is 4.64. The van der Waals surface area contributed by atoms with E-state index in [9.17, 15) is 5.11 Å². The molecule has 2 rings (SSSR count). The molecule has 124 valence electrons. The fraction of sp³-hybridized carbons (Fsp3) is 1.00. The van der Waals surface area contributed by atoms with Crippen LogP contribution < -0.4 is 5.32 Å². The first-order valence-corrected chi connectivity index (χ1v) is 9.34. The Morgan fingerprint density at radius 3 is 2.62 bits per heavy atom. The van der Waals surface area contributed by atoms with E-state index in [0.717, 1.165) is 31.3 Å². The van der Waals surface area contributed by atoms with Gasteiger partial charge < -0.3 is 15.3 Å². The number of aliphatic hydroxyl groups excluding tert-OH is 1. The zero-order valence-corrected chi connectivity index (χ0v) is 14.2. The molecule has 0 aromatic carbocycles. The average Bonchev–Trinajstić information content (AvgIpc) is 2.54. The summed E-state index contributed by atoms with van der Waals surface area (Å²) < 4.78 is 0. The van der Waals surface area contributed by atoms with E-state index in [1.165, 1.54) is 58.0 Å². The van der Waals surface area contributed by atoms with Crippen LogP contribution in [0.15, 0.2) is 0 Å². The maximum absolute atomic E-state index is 9.76. The van der Waals surface area contributed by atoms with Crippen molar-refractivity contribution in [3.8, 4) is 0 Å². The molecule has 1 saturated carbocycles. The van der Waals surface area contributed by atoms with Gasteiger partial charge in [-0.15, -0.1) is 0 Å². The maximum atomic E-state index is 9.76. The van der Waals surface area contributed by atoms with Gasteiger partial charge in [0.15, 0.2) is 0 Å². The van der Waals surface area contributed by atoms with E-state index in [1.807, 2.05) is 0 Å². The molecule has 2 aliphatic rings. The average molecular weight is 296 g/mol. The molecule has 1 saturated heterocycles. The number of nitrogens with one attached hydrogen (secondary N) is 1. The van der Waals surface area contributed by atoms with E-state index < -0.39 is 0 Å². The first-order valence-electron chi connectivity index (χ1n) is 9.34. The molecule has 3 heteroatoms. The summed E-state index contributed by atoms with van der Waals surface area (Å²) in [6.45, 7) is 8.08. The summed E-state index contributed by atoms with van der Waals surface area (Å²) in [6.07, 6.45) is 12.0. The second kappa shape index (κ2) is 8.50. The fourth-order valence-corrected chi connectivity index (χ4v) is 4.64. The van der Waals surface area contributed by atoms with Gasteiger partial charge in [0.05, 0.1) is 6.61 Å². The number of nitrogens with zero attached hydrogens (tertiary/aromatic N) is 1. The first kappa shape index (κ1) is 17.2. The van der Waals surface area contributed by atoms with E-state index in [2.05, 4.69) is 24.1 Å². The molecule has 1 aliphatic carbocycles. The Balaban J connectivity index is 1.81. The zero-order valence-electron chi connectivity index (χ0n) is 14.2. The summed E-state index contributed by atoms with van der Waals surface area (Å²) in [6, 6.07) is 0.872. The summed E-state index contributed by atoms with van der Waals surface area (Å²) in [4.78, 5) is 2.77. The quantitative estimate of drug-likeness (QED) is 0.722. The van der Waals surface area contributed by atoms with Crippen LogP contribution >= 0.6 is 0 Å². The zero-order chi connectivity index (χ0) is 15.1. The largest absolute Gasteiger partial charge is 0.394 e. The van der Waals surface area contributed by atoms with Crippen molar-refractivity contribution >= 4 is 0 Å². The van der Waals surface area contributed by atoms with Crippen LogP contribution in [0.3, 0.4) is 0 Å². The van der Waals surface area contributed by atoms with Crippen molar-refractivity contribution in [2.24, 2.45) is 5.92 Å². The first-order chi connectivity index (χ1) is 10.2. The highest BCUT2D eigenvalue weighted by Gasteiger charge is 2.33. The highest BCUT2D eigenvalue weighted by molar-refractivity contribution is 4.89. The maximum Gasteiger partial charge on any atom is 0.0613 e. The highest BCUT2D eigenvalue weighted by Crippen LogP contribution is 2.35. The molecule has 3 nitrogen and oxygen atoms in total. The van der Waals surface area contributed by atoms with Crippen LogP contribution in [0.2, 0.25) is 0 Å². The SMILES string of the molecule is CCNC(CC)(CO)CCCN1CCC[C@H]2CCCC[C@H]21. The van der Waals surface area contributed by atoms with Gasteiger partial charge in [0.1, 0.15) is 0 Å². The molecule has 0 spiro atoms. The third-order valence-corrected chi connectivity index (χ3v) is 5.99. The summed E-state index contributed by atoms with van der Waals surface area (Å²) in [5.74, 6) is 0.982. The number of likely N-dealkylation sites (N-methyl/N-ethyl adjacent to an activating group) is 1. The minimum atomic E-state index is -0.0451. The third-order valence-electron chi connectivity index (χ3n) is 5.99. The topological polar surface area (TPSA) is 35.5 Å². The highest BCUT2D eigenvalue weighted by atomic mass is 16.3. The Bertz CT molecular complexity index is 289. The van der Waals surface area contributed by atoms with Crippen molar-refractivity contribution in [3.05, 3.63) is 0 Å². The van der Waals surface area contributed by atoms with Gasteiger partial charge in [0, 0.05) is 11.6 Å². The standard InChI is InChI=1S/C18H36N2O/c1-3-18(15-21,19-4-2)12-8-14-20-13-7-10-16-9-5-6-11-17(16)20/h16-17,19,21H,3-15H2,1-2H3/t16-,17-,18?/m1/s1. The van der Waals surface area contributed by atoms with Crippen LogP contribution in [0, 0.1) is 5.92 Å². The van der Waals surface area contributed by atoms with E-state index >= 15 is 0 Å². The van der Waals surface area contributed by atoms with Gasteiger partial charge in [0.25, 0.3) is 0 Å². The molecule has 0 amide bonds. The molecule has 0 bridgehead atoms. The predicted octanol–water partition coefficient (Wildman–Crippen LogP) is 3.17. The second-order valence-electron chi connectivity index (χ2n) is 7.22. The molecule has 2 N–H and O–H groups in total. The molecule has 1 heterocycles. The minimum absolute atomic E-state index is 0.0451. The van der Waals surface area contributed by atoms with Crippen LogP contribution in [-0.4, -0.2) is 47.8 Å². The van der Waals surface area contributed by atoms with E-state index in [1.54, 1.807) is 0 Å². The summed E-state index contributed by atoms with van der Waals surface area (Å²) in [5.41, 5.74) is -0.0451. The number of likely N-dealkylation sites (tertiary alicyclic amines) is 1. The van der Waals surface area contributed by atoms with Gasteiger partial charge in [-0.2, -0.15) is 0 Å². The third kappa shape index (κ3) is 4.43. The normalized spacial score (nSPS) is 29.9. The van der Waals surface area contributed by atoms with Crippen molar-refractivity contribution in [2.45, 2.75) is 83.2 Å². The monoisotopic (exact) mass is 296 g/mol. The molecule has 3 atom stereocenters. The molecule has 2 fully saturated rings. The van der Waals surface area contributed by atoms with Gasteiger partial charge in [-0.1, -0.05) is 26.7 Å². The molecule has 0 aromatic heterocycles. The van der Waals surface area contributed by atoms with Gasteiger partial charge >= 0.3 is 0 Å². The van der Waals surface area contributed by atoms with Crippen molar-refractivity contribution < 1.29 is 5.11 Å². The number of hydrogen-bond acceptors (Lipinski definition) is 3. The smallest absolute Gasteiger partial charge is 0.0613 e. The van der Waals surface area contributed by atoms with Gasteiger partial charge in [-0.05, 0) is 70.5 Å². The minimum Gasteiger partial charge on any atom is -0.394 e. The van der Waals surface area contributed by atoms with Gasteiger partial charge in [0.2, 0.25) is 0 Å². The number of aliphatic hydroxyl groups is 1. The molecule has 21 heavy (non-hydrogen) atoms. The molecular weight excluding hydrogens is 260 g/mol. The molecule has 0 aromatic rings. The molecule has 1 unspecified atom stereocenters. The molecule has 0 radical (unpaired) electrons. The van der Waals surface area contributed by atoms with Crippen molar-refractivity contribution in [3.63, 3.8) is 0 Å². The molecule has 1 aliphatic heterocycles. The number of fused-ring (bicyclic) bond motifs is 1. The van der Waals surface area contributed by atoms with Crippen LogP contribution in [0.5, 0.6) is 0 Å². The Labute approximate surface area is 131 Å². The van der Waals surface area contributed by atoms with Gasteiger partial charge in [-0.3, -0.25) is 0 Å². The van der Waals surface area contributed by atoms with Crippen molar-refractivity contribution in [1.29, 1.82) is 0 Å². The summed E-state index contributed by atoms with van der Waals surface area (Å²) in [5, 5.41) is 13.3. The van der Waals surface area contributed by atoms with Gasteiger partial charge in [-0.25, -0.2) is 0 Å². The summed E-state index contributed by atoms with van der Waals surface area (Å²) >= 11 is 0. The lowest BCUT2D eigenvalue weighted by Crippen LogP contribution is -2.50. The Kier molecular flexibility index (Phi) is 6.97. The van der Waals surface area contributed by atoms with E-state index in [0.29, 0.717) is 0 Å². The lowest BCUT2D eigenvalue weighted by atomic mass is 9.78. The second-order valence-corrected chi connectivity index (χ2v) is 7.22. The Hall–Kier alpha value is -0.120. The van der Waals surface area contributed by atoms with E-state index in [-0.39, 0.29) is 12.1 Å². The number of piperidine rings is 1. The number of rotatable bonds is 8. The van der Waals surface area contributed by atoms with Crippen LogP contribution in [0.4, 0.5) is 0 Å². The van der Waals surface area contributed by atoms with Crippen LogP contribution in [0.1, 0.15) is 71.6 Å². The predicted molar refractivity (Wildman–Crippen MR) is 89.6 cm³/mol. The lowest BCUT2D eigenvalue weighted by Gasteiger charge is -2.44. The Morgan fingerprint density at radius 2 is 1.90 bits per heavy atom. The van der Waals surface area contributed by atoms with Crippen molar-refractivity contribution in [2.75, 3.05) is 26.2 Å².